The number of amides is 1. The van der Waals surface area contributed by atoms with E-state index in [2.05, 4.69) is 20.3 Å². The molecular formula is C13H14N4O. The highest BCUT2D eigenvalue weighted by Gasteiger charge is 2.30. The first-order valence-electron chi connectivity index (χ1n) is 5.59. The van der Waals surface area contributed by atoms with Crippen molar-refractivity contribution in [1.29, 1.82) is 0 Å². The van der Waals surface area contributed by atoms with Gasteiger partial charge < -0.3 is 0 Å². The Kier molecular flexibility index (Phi) is 3.32. The SMILES string of the molecule is CC(C)(C(=O)Nc1ncccn1)c1cccnc1. The standard InChI is InChI=1S/C13H14N4O/c1-13(2,10-5-3-6-14-9-10)11(18)17-12-15-7-4-8-16-12/h3-9H,1-2H3,(H,15,16,17,18). The Bertz CT molecular complexity index is 525. The van der Waals surface area contributed by atoms with Gasteiger partial charge in [-0.1, -0.05) is 6.07 Å². The van der Waals surface area contributed by atoms with Gasteiger partial charge in [0.05, 0.1) is 5.41 Å². The summed E-state index contributed by atoms with van der Waals surface area (Å²) in [4.78, 5) is 24.2. The quantitative estimate of drug-likeness (QED) is 0.891. The fraction of sp³-hybridized carbons (Fsp3) is 0.231. The maximum absolute atomic E-state index is 12.2. The summed E-state index contributed by atoms with van der Waals surface area (Å²) >= 11 is 0. The number of aromatic nitrogens is 3. The molecule has 1 N–H and O–H groups in total. The van der Waals surface area contributed by atoms with Crippen molar-refractivity contribution >= 4 is 11.9 Å². The van der Waals surface area contributed by atoms with E-state index in [1.54, 1.807) is 30.9 Å². The number of anilines is 1. The Hall–Kier alpha value is -2.30. The monoisotopic (exact) mass is 242 g/mol. The summed E-state index contributed by atoms with van der Waals surface area (Å²) in [5.41, 5.74) is 0.159. The predicted molar refractivity (Wildman–Crippen MR) is 67.9 cm³/mol. The van der Waals surface area contributed by atoms with Crippen molar-refractivity contribution in [3.63, 3.8) is 0 Å². The zero-order valence-corrected chi connectivity index (χ0v) is 10.3. The molecule has 0 spiro atoms. The Balaban J connectivity index is 2.18. The molecule has 5 heteroatoms. The molecular weight excluding hydrogens is 228 g/mol. The van der Waals surface area contributed by atoms with Crippen LogP contribution >= 0.6 is 0 Å². The number of hydrogen-bond acceptors (Lipinski definition) is 4. The zero-order chi connectivity index (χ0) is 13.0. The van der Waals surface area contributed by atoms with Gasteiger partial charge in [0.2, 0.25) is 11.9 Å². The largest absolute Gasteiger partial charge is 0.294 e. The van der Waals surface area contributed by atoms with Crippen molar-refractivity contribution in [1.82, 2.24) is 15.0 Å². The number of nitrogens with zero attached hydrogens (tertiary/aromatic N) is 3. The molecule has 0 atom stereocenters. The van der Waals surface area contributed by atoms with Crippen LogP contribution in [0.2, 0.25) is 0 Å². The first kappa shape index (κ1) is 12.2. The van der Waals surface area contributed by atoms with Gasteiger partial charge in [0.15, 0.2) is 0 Å². The minimum absolute atomic E-state index is 0.165. The number of pyridine rings is 1. The van der Waals surface area contributed by atoms with Gasteiger partial charge in [-0.05, 0) is 31.5 Å². The normalized spacial score (nSPS) is 11.0. The van der Waals surface area contributed by atoms with Crippen molar-refractivity contribution < 1.29 is 4.79 Å². The van der Waals surface area contributed by atoms with E-state index in [0.717, 1.165) is 5.56 Å². The van der Waals surface area contributed by atoms with Gasteiger partial charge in [-0.15, -0.1) is 0 Å². The van der Waals surface area contributed by atoms with Gasteiger partial charge in [0.25, 0.3) is 0 Å². The molecule has 0 bridgehead atoms. The van der Waals surface area contributed by atoms with E-state index in [-0.39, 0.29) is 5.91 Å². The van der Waals surface area contributed by atoms with Crippen molar-refractivity contribution in [3.05, 3.63) is 48.5 Å². The minimum atomic E-state index is -0.687. The maximum atomic E-state index is 12.2. The molecule has 0 saturated carbocycles. The smallest absolute Gasteiger partial charge is 0.236 e. The lowest BCUT2D eigenvalue weighted by Gasteiger charge is -2.22. The lowest BCUT2D eigenvalue weighted by Crippen LogP contribution is -2.35. The van der Waals surface area contributed by atoms with E-state index >= 15 is 0 Å². The van der Waals surface area contributed by atoms with Gasteiger partial charge in [-0.25, -0.2) is 9.97 Å². The summed E-state index contributed by atoms with van der Waals surface area (Å²) < 4.78 is 0. The minimum Gasteiger partial charge on any atom is -0.294 e. The molecule has 0 aliphatic carbocycles. The van der Waals surface area contributed by atoms with Gasteiger partial charge in [-0.3, -0.25) is 15.1 Å². The molecule has 1 amide bonds. The number of carbonyl (C=O) groups excluding carboxylic acids is 1. The molecule has 2 rings (SSSR count). The Morgan fingerprint density at radius 3 is 2.50 bits per heavy atom. The van der Waals surface area contributed by atoms with Crippen LogP contribution in [-0.4, -0.2) is 20.9 Å². The summed E-state index contributed by atoms with van der Waals surface area (Å²) in [6.45, 7) is 3.67. The topological polar surface area (TPSA) is 67.8 Å². The predicted octanol–water partition coefficient (Wildman–Crippen LogP) is 1.79. The molecule has 2 aromatic rings. The third kappa shape index (κ3) is 2.51. The highest BCUT2D eigenvalue weighted by Crippen LogP contribution is 2.23. The van der Waals surface area contributed by atoms with Crippen LogP contribution in [-0.2, 0) is 10.2 Å². The first-order chi connectivity index (χ1) is 8.60. The van der Waals surface area contributed by atoms with Gasteiger partial charge in [-0.2, -0.15) is 0 Å². The van der Waals surface area contributed by atoms with E-state index in [9.17, 15) is 4.79 Å². The lowest BCUT2D eigenvalue weighted by atomic mass is 9.85. The molecule has 0 aromatic carbocycles. The van der Waals surface area contributed by atoms with Crippen molar-refractivity contribution in [2.75, 3.05) is 5.32 Å². The van der Waals surface area contributed by atoms with Crippen molar-refractivity contribution in [2.24, 2.45) is 0 Å². The average molecular weight is 242 g/mol. The van der Waals surface area contributed by atoms with E-state index < -0.39 is 5.41 Å². The van der Waals surface area contributed by atoms with E-state index in [1.165, 1.54) is 0 Å². The van der Waals surface area contributed by atoms with Crippen LogP contribution in [0, 0.1) is 0 Å². The highest BCUT2D eigenvalue weighted by atomic mass is 16.2. The van der Waals surface area contributed by atoms with Crippen LogP contribution in [0.1, 0.15) is 19.4 Å². The van der Waals surface area contributed by atoms with Crippen LogP contribution in [0.3, 0.4) is 0 Å². The second-order valence-corrected chi connectivity index (χ2v) is 4.39. The number of nitrogens with one attached hydrogen (secondary N) is 1. The second kappa shape index (κ2) is 4.91. The van der Waals surface area contributed by atoms with Crippen LogP contribution in [0.4, 0.5) is 5.95 Å². The van der Waals surface area contributed by atoms with Crippen LogP contribution in [0.15, 0.2) is 43.0 Å². The Morgan fingerprint density at radius 1 is 1.17 bits per heavy atom. The fourth-order valence-electron chi connectivity index (χ4n) is 1.48. The first-order valence-corrected chi connectivity index (χ1v) is 5.59. The van der Waals surface area contributed by atoms with Gasteiger partial charge in [0, 0.05) is 24.8 Å². The Labute approximate surface area is 105 Å². The Morgan fingerprint density at radius 2 is 1.89 bits per heavy atom. The molecule has 0 unspecified atom stereocenters. The van der Waals surface area contributed by atoms with E-state index in [1.807, 2.05) is 26.0 Å². The third-order valence-electron chi connectivity index (χ3n) is 2.74. The second-order valence-electron chi connectivity index (χ2n) is 4.39. The van der Waals surface area contributed by atoms with Crippen molar-refractivity contribution in [2.45, 2.75) is 19.3 Å². The molecule has 5 nitrogen and oxygen atoms in total. The molecule has 2 heterocycles. The molecule has 18 heavy (non-hydrogen) atoms. The van der Waals surface area contributed by atoms with Crippen molar-refractivity contribution in [3.8, 4) is 0 Å². The number of hydrogen-bond donors (Lipinski definition) is 1. The molecule has 0 radical (unpaired) electrons. The number of carbonyl (C=O) groups is 1. The zero-order valence-electron chi connectivity index (χ0n) is 10.3. The lowest BCUT2D eigenvalue weighted by molar-refractivity contribution is -0.120. The number of rotatable bonds is 3. The summed E-state index contributed by atoms with van der Waals surface area (Å²) in [5.74, 6) is 0.140. The van der Waals surface area contributed by atoms with Crippen LogP contribution in [0.25, 0.3) is 0 Å². The van der Waals surface area contributed by atoms with E-state index in [4.69, 9.17) is 0 Å². The fourth-order valence-corrected chi connectivity index (χ4v) is 1.48. The molecule has 0 saturated heterocycles. The third-order valence-corrected chi connectivity index (χ3v) is 2.74. The van der Waals surface area contributed by atoms with Crippen LogP contribution < -0.4 is 5.32 Å². The molecule has 0 aliphatic rings. The van der Waals surface area contributed by atoms with Gasteiger partial charge in [0.1, 0.15) is 0 Å². The summed E-state index contributed by atoms with van der Waals surface area (Å²) in [6, 6.07) is 5.38. The molecule has 2 aromatic heterocycles. The van der Waals surface area contributed by atoms with Gasteiger partial charge >= 0.3 is 0 Å². The molecule has 92 valence electrons. The van der Waals surface area contributed by atoms with E-state index in [0.29, 0.717) is 5.95 Å². The average Bonchev–Trinajstić information content (AvgIpc) is 2.41. The molecule has 0 fully saturated rings. The summed E-state index contributed by atoms with van der Waals surface area (Å²) in [5, 5.41) is 2.69. The summed E-state index contributed by atoms with van der Waals surface area (Å²) in [7, 11) is 0. The maximum Gasteiger partial charge on any atom is 0.236 e. The summed E-state index contributed by atoms with van der Waals surface area (Å²) in [6.07, 6.45) is 6.53. The van der Waals surface area contributed by atoms with Crippen LogP contribution in [0.5, 0.6) is 0 Å². The molecule has 0 aliphatic heterocycles. The highest BCUT2D eigenvalue weighted by molar-refractivity contribution is 5.97.